The van der Waals surface area contributed by atoms with Crippen molar-refractivity contribution in [2.75, 3.05) is 23.9 Å². The molecule has 0 saturated heterocycles. The summed E-state index contributed by atoms with van der Waals surface area (Å²) in [6.07, 6.45) is 1.23. The van der Waals surface area contributed by atoms with E-state index < -0.39 is 4.92 Å². The van der Waals surface area contributed by atoms with Gasteiger partial charge in [0.2, 0.25) is 11.6 Å². The average Bonchev–Trinajstić information content (AvgIpc) is 2.26. The molecule has 3 N–H and O–H groups in total. The number of nitrogens with one attached hydrogen (secondary N) is 1. The standard InChI is InChI=1S/C7H12N6O2/c1-3-12(2)7-5(13(14)15)6(11-8)9-4-10-7/h4H,3,8H2,1-2H3,(H,9,10,11). The molecule has 1 rings (SSSR count). The van der Waals surface area contributed by atoms with Gasteiger partial charge in [0.05, 0.1) is 4.92 Å². The van der Waals surface area contributed by atoms with Crippen LogP contribution in [0, 0.1) is 10.1 Å². The van der Waals surface area contributed by atoms with Crippen molar-refractivity contribution in [3.05, 3.63) is 16.4 Å². The normalized spacial score (nSPS) is 9.80. The van der Waals surface area contributed by atoms with Crippen LogP contribution in [0.4, 0.5) is 17.3 Å². The first-order valence-corrected chi connectivity index (χ1v) is 4.29. The van der Waals surface area contributed by atoms with E-state index in [-0.39, 0.29) is 17.3 Å². The summed E-state index contributed by atoms with van der Waals surface area (Å²) in [6.45, 7) is 2.46. The lowest BCUT2D eigenvalue weighted by Gasteiger charge is -2.15. The molecule has 8 nitrogen and oxygen atoms in total. The predicted molar refractivity (Wildman–Crippen MR) is 55.4 cm³/mol. The highest BCUT2D eigenvalue weighted by atomic mass is 16.6. The van der Waals surface area contributed by atoms with Gasteiger partial charge in [0.25, 0.3) is 0 Å². The fourth-order valence-corrected chi connectivity index (χ4v) is 1.07. The third-order valence-corrected chi connectivity index (χ3v) is 1.96. The van der Waals surface area contributed by atoms with Gasteiger partial charge in [-0.25, -0.2) is 15.8 Å². The molecule has 0 aromatic carbocycles. The van der Waals surface area contributed by atoms with Gasteiger partial charge in [-0.3, -0.25) is 10.1 Å². The fourth-order valence-electron chi connectivity index (χ4n) is 1.07. The first-order valence-electron chi connectivity index (χ1n) is 4.29. The highest BCUT2D eigenvalue weighted by Crippen LogP contribution is 2.29. The number of anilines is 2. The molecule has 0 radical (unpaired) electrons. The summed E-state index contributed by atoms with van der Waals surface area (Å²) in [5.74, 6) is 5.38. The Morgan fingerprint density at radius 3 is 2.80 bits per heavy atom. The molecule has 0 aliphatic carbocycles. The molecule has 8 heteroatoms. The lowest BCUT2D eigenvalue weighted by molar-refractivity contribution is -0.383. The van der Waals surface area contributed by atoms with Crippen molar-refractivity contribution in [1.82, 2.24) is 9.97 Å². The third kappa shape index (κ3) is 2.10. The molecule has 0 spiro atoms. The average molecular weight is 212 g/mol. The molecular formula is C7H12N6O2. The van der Waals surface area contributed by atoms with Crippen LogP contribution >= 0.6 is 0 Å². The van der Waals surface area contributed by atoms with Crippen molar-refractivity contribution < 1.29 is 4.92 Å². The number of nitrogen functional groups attached to an aromatic ring is 1. The van der Waals surface area contributed by atoms with Gasteiger partial charge in [-0.05, 0) is 6.92 Å². The Hall–Kier alpha value is -1.96. The summed E-state index contributed by atoms with van der Waals surface area (Å²) in [6, 6.07) is 0. The summed E-state index contributed by atoms with van der Waals surface area (Å²) < 4.78 is 0. The third-order valence-electron chi connectivity index (χ3n) is 1.96. The van der Waals surface area contributed by atoms with Crippen molar-refractivity contribution in [2.45, 2.75) is 6.92 Å². The minimum atomic E-state index is -0.559. The zero-order valence-electron chi connectivity index (χ0n) is 8.47. The van der Waals surface area contributed by atoms with Gasteiger partial charge in [-0.15, -0.1) is 0 Å². The molecule has 0 bridgehead atoms. The summed E-state index contributed by atoms with van der Waals surface area (Å²) in [5, 5.41) is 10.8. The highest BCUT2D eigenvalue weighted by molar-refractivity contribution is 5.69. The van der Waals surface area contributed by atoms with Gasteiger partial charge >= 0.3 is 5.69 Å². The first kappa shape index (κ1) is 11.1. The van der Waals surface area contributed by atoms with Gasteiger partial charge in [0, 0.05) is 13.6 Å². The van der Waals surface area contributed by atoms with E-state index >= 15 is 0 Å². The maximum Gasteiger partial charge on any atom is 0.354 e. The largest absolute Gasteiger partial charge is 0.354 e. The Morgan fingerprint density at radius 1 is 1.67 bits per heavy atom. The SMILES string of the molecule is CCN(C)c1ncnc(NN)c1[N+](=O)[O-]. The smallest absolute Gasteiger partial charge is 0.354 e. The van der Waals surface area contributed by atoms with Crippen molar-refractivity contribution in [2.24, 2.45) is 5.84 Å². The maximum atomic E-state index is 10.8. The van der Waals surface area contributed by atoms with Crippen LogP contribution in [0.1, 0.15) is 6.92 Å². The molecule has 1 aromatic rings. The van der Waals surface area contributed by atoms with E-state index in [9.17, 15) is 10.1 Å². The van der Waals surface area contributed by atoms with Crippen molar-refractivity contribution in [3.8, 4) is 0 Å². The quantitative estimate of drug-likeness (QED) is 0.414. The predicted octanol–water partition coefficient (Wildman–Crippen LogP) is 0.127. The Kier molecular flexibility index (Phi) is 3.34. The molecule has 0 aliphatic heterocycles. The molecule has 82 valence electrons. The van der Waals surface area contributed by atoms with Crippen molar-refractivity contribution in [1.29, 1.82) is 0 Å². The van der Waals surface area contributed by atoms with Crippen LogP contribution in [0.25, 0.3) is 0 Å². The molecular weight excluding hydrogens is 200 g/mol. The van der Waals surface area contributed by atoms with Gasteiger partial charge in [0.1, 0.15) is 6.33 Å². The van der Waals surface area contributed by atoms with Gasteiger partial charge in [-0.2, -0.15) is 0 Å². The van der Waals surface area contributed by atoms with E-state index in [0.29, 0.717) is 6.54 Å². The van der Waals surface area contributed by atoms with Crippen molar-refractivity contribution >= 4 is 17.3 Å². The molecule has 15 heavy (non-hydrogen) atoms. The van der Waals surface area contributed by atoms with Crippen LogP contribution in [-0.4, -0.2) is 28.5 Å². The van der Waals surface area contributed by atoms with E-state index in [1.54, 1.807) is 11.9 Å². The number of nitrogens with two attached hydrogens (primary N) is 1. The zero-order chi connectivity index (χ0) is 11.4. The van der Waals surface area contributed by atoms with Crippen LogP contribution < -0.4 is 16.2 Å². The van der Waals surface area contributed by atoms with E-state index in [4.69, 9.17) is 5.84 Å². The van der Waals surface area contributed by atoms with E-state index in [1.807, 2.05) is 6.92 Å². The minimum absolute atomic E-state index is 0.00491. The lowest BCUT2D eigenvalue weighted by atomic mass is 10.4. The molecule has 1 aromatic heterocycles. The number of rotatable bonds is 4. The molecule has 0 fully saturated rings. The second kappa shape index (κ2) is 4.51. The van der Waals surface area contributed by atoms with E-state index in [0.717, 1.165) is 0 Å². The topological polar surface area (TPSA) is 110 Å². The lowest BCUT2D eigenvalue weighted by Crippen LogP contribution is -2.21. The minimum Gasteiger partial charge on any atom is -0.354 e. The van der Waals surface area contributed by atoms with Crippen LogP contribution in [-0.2, 0) is 0 Å². The number of hydrogen-bond acceptors (Lipinski definition) is 7. The van der Waals surface area contributed by atoms with Crippen LogP contribution in [0.15, 0.2) is 6.33 Å². The Morgan fingerprint density at radius 2 is 2.33 bits per heavy atom. The van der Waals surface area contributed by atoms with E-state index in [2.05, 4.69) is 15.4 Å². The summed E-state index contributed by atoms with van der Waals surface area (Å²) >= 11 is 0. The van der Waals surface area contributed by atoms with E-state index in [1.165, 1.54) is 6.33 Å². The zero-order valence-corrected chi connectivity index (χ0v) is 8.47. The van der Waals surface area contributed by atoms with Crippen LogP contribution in [0.2, 0.25) is 0 Å². The maximum absolute atomic E-state index is 10.8. The van der Waals surface area contributed by atoms with Crippen LogP contribution in [0.3, 0.4) is 0 Å². The Bertz CT molecular complexity index is 368. The fraction of sp³-hybridized carbons (Fsp3) is 0.429. The molecule has 0 unspecified atom stereocenters. The number of aromatic nitrogens is 2. The summed E-state index contributed by atoms with van der Waals surface area (Å²) in [4.78, 5) is 19.4. The Labute approximate surface area is 86.2 Å². The summed E-state index contributed by atoms with van der Waals surface area (Å²) in [7, 11) is 1.70. The highest BCUT2D eigenvalue weighted by Gasteiger charge is 2.24. The summed E-state index contributed by atoms with van der Waals surface area (Å²) in [5.41, 5.74) is 1.96. The van der Waals surface area contributed by atoms with Crippen LogP contribution in [0.5, 0.6) is 0 Å². The molecule has 0 atom stereocenters. The molecule has 0 aliphatic rings. The monoisotopic (exact) mass is 212 g/mol. The second-order valence-electron chi connectivity index (χ2n) is 2.81. The number of nitrogens with zero attached hydrogens (tertiary/aromatic N) is 4. The number of hydrogen-bond donors (Lipinski definition) is 2. The first-order chi connectivity index (χ1) is 7.11. The molecule has 0 saturated carbocycles. The van der Waals surface area contributed by atoms with Gasteiger partial charge < -0.3 is 10.3 Å². The number of hydrazine groups is 1. The second-order valence-corrected chi connectivity index (χ2v) is 2.81. The molecule has 1 heterocycles. The van der Waals surface area contributed by atoms with Gasteiger partial charge in [0.15, 0.2) is 0 Å². The Balaban J connectivity index is 3.31. The molecule has 0 amide bonds. The van der Waals surface area contributed by atoms with Crippen molar-refractivity contribution in [3.63, 3.8) is 0 Å². The number of nitro groups is 1. The van der Waals surface area contributed by atoms with Gasteiger partial charge in [-0.1, -0.05) is 0 Å².